The van der Waals surface area contributed by atoms with Gasteiger partial charge in [0.25, 0.3) is 5.91 Å². The summed E-state index contributed by atoms with van der Waals surface area (Å²) in [5, 5.41) is 5.65. The molecule has 4 rings (SSSR count). The van der Waals surface area contributed by atoms with Crippen LogP contribution >= 0.6 is 0 Å². The van der Waals surface area contributed by atoms with Crippen molar-refractivity contribution in [2.75, 3.05) is 6.54 Å². The molecule has 1 aromatic carbocycles. The topological polar surface area (TPSA) is 102 Å². The molecule has 3 heterocycles. The number of furan rings is 2. The van der Waals surface area contributed by atoms with Crippen molar-refractivity contribution in [3.63, 3.8) is 0 Å². The third kappa shape index (κ3) is 4.37. The van der Waals surface area contributed by atoms with E-state index in [4.69, 9.17) is 8.83 Å². The summed E-state index contributed by atoms with van der Waals surface area (Å²) in [7, 11) is 0. The Balaban J connectivity index is 1.43. The molecule has 0 radical (unpaired) electrons. The Labute approximate surface area is 166 Å². The van der Waals surface area contributed by atoms with E-state index >= 15 is 0 Å². The number of aromatic nitrogens is 2. The van der Waals surface area contributed by atoms with Crippen LogP contribution in [0, 0.1) is 0 Å². The second kappa shape index (κ2) is 8.47. The summed E-state index contributed by atoms with van der Waals surface area (Å²) in [5.41, 5.74) is 1.67. The van der Waals surface area contributed by atoms with Crippen LogP contribution in [0.2, 0.25) is 0 Å². The maximum absolute atomic E-state index is 12.5. The van der Waals surface area contributed by atoms with E-state index < -0.39 is 0 Å². The van der Waals surface area contributed by atoms with Crippen molar-refractivity contribution < 1.29 is 18.4 Å². The quantitative estimate of drug-likeness (QED) is 0.480. The molecule has 0 saturated carbocycles. The fourth-order valence-electron chi connectivity index (χ4n) is 3.07. The van der Waals surface area contributed by atoms with Crippen LogP contribution in [0.4, 0.5) is 0 Å². The summed E-state index contributed by atoms with van der Waals surface area (Å²) in [6, 6.07) is 14.5. The maximum atomic E-state index is 12.5. The van der Waals surface area contributed by atoms with Crippen molar-refractivity contribution in [3.05, 3.63) is 78.4 Å². The highest BCUT2D eigenvalue weighted by atomic mass is 16.3. The molecule has 0 aliphatic heterocycles. The lowest BCUT2D eigenvalue weighted by Crippen LogP contribution is -2.29. The Bertz CT molecular complexity index is 1100. The average molecular weight is 392 g/mol. The molecule has 0 atom stereocenters. The molecule has 2 N–H and O–H groups in total. The normalized spacial score (nSPS) is 10.9. The fourth-order valence-corrected chi connectivity index (χ4v) is 3.07. The number of amides is 2. The van der Waals surface area contributed by atoms with Gasteiger partial charge in [-0.15, -0.1) is 0 Å². The molecule has 0 aliphatic rings. The Morgan fingerprint density at radius 2 is 1.79 bits per heavy atom. The Morgan fingerprint density at radius 1 is 0.966 bits per heavy atom. The number of imidazole rings is 1. The number of hydrogen-bond donors (Lipinski definition) is 2. The van der Waals surface area contributed by atoms with Crippen LogP contribution in [0.1, 0.15) is 22.1 Å². The van der Waals surface area contributed by atoms with Gasteiger partial charge < -0.3 is 24.0 Å². The first-order valence-electron chi connectivity index (χ1n) is 9.25. The van der Waals surface area contributed by atoms with Gasteiger partial charge in [0.15, 0.2) is 5.76 Å². The molecule has 3 aromatic heterocycles. The van der Waals surface area contributed by atoms with Gasteiger partial charge in [0, 0.05) is 13.0 Å². The number of nitrogens with zero attached hydrogens (tertiary/aromatic N) is 2. The van der Waals surface area contributed by atoms with Gasteiger partial charge in [-0.05, 0) is 36.4 Å². The van der Waals surface area contributed by atoms with Crippen molar-refractivity contribution >= 4 is 22.8 Å². The first-order valence-corrected chi connectivity index (χ1v) is 9.25. The fraction of sp³-hybridized carbons (Fsp3) is 0.190. The van der Waals surface area contributed by atoms with Crippen LogP contribution in [0.3, 0.4) is 0 Å². The van der Waals surface area contributed by atoms with Gasteiger partial charge in [0.1, 0.15) is 18.1 Å². The smallest absolute Gasteiger partial charge is 0.286 e. The molecule has 2 amide bonds. The minimum Gasteiger partial charge on any atom is -0.467 e. The first kappa shape index (κ1) is 18.5. The van der Waals surface area contributed by atoms with E-state index in [9.17, 15) is 9.59 Å². The summed E-state index contributed by atoms with van der Waals surface area (Å²) in [4.78, 5) is 29.1. The number of benzene rings is 1. The van der Waals surface area contributed by atoms with Crippen molar-refractivity contribution in [1.29, 1.82) is 0 Å². The van der Waals surface area contributed by atoms with Gasteiger partial charge in [-0.2, -0.15) is 0 Å². The van der Waals surface area contributed by atoms with Crippen LogP contribution in [0.15, 0.2) is 69.9 Å². The molecule has 0 fully saturated rings. The summed E-state index contributed by atoms with van der Waals surface area (Å²) >= 11 is 0. The van der Waals surface area contributed by atoms with E-state index in [0.717, 1.165) is 16.9 Å². The second-order valence-corrected chi connectivity index (χ2v) is 6.44. The lowest BCUT2D eigenvalue weighted by molar-refractivity contribution is -0.121. The third-order valence-corrected chi connectivity index (χ3v) is 4.45. The first-order chi connectivity index (χ1) is 14.2. The number of rotatable bonds is 8. The predicted molar refractivity (Wildman–Crippen MR) is 105 cm³/mol. The van der Waals surface area contributed by atoms with E-state index in [-0.39, 0.29) is 24.1 Å². The Morgan fingerprint density at radius 3 is 2.59 bits per heavy atom. The van der Waals surface area contributed by atoms with E-state index in [2.05, 4.69) is 15.6 Å². The highest BCUT2D eigenvalue weighted by molar-refractivity contribution is 5.91. The van der Waals surface area contributed by atoms with E-state index in [0.29, 0.717) is 25.3 Å². The van der Waals surface area contributed by atoms with Crippen LogP contribution in [-0.4, -0.2) is 27.9 Å². The summed E-state index contributed by atoms with van der Waals surface area (Å²) in [6.45, 7) is 0.826. The number of para-hydroxylation sites is 2. The Kier molecular flexibility index (Phi) is 5.42. The number of nitrogens with one attached hydrogen (secondary N) is 2. The summed E-state index contributed by atoms with van der Waals surface area (Å²) in [5.74, 6) is 1.24. The minimum absolute atomic E-state index is 0.128. The molecule has 8 nitrogen and oxygen atoms in total. The van der Waals surface area contributed by atoms with Crippen LogP contribution in [0.25, 0.3) is 11.0 Å². The highest BCUT2D eigenvalue weighted by Gasteiger charge is 2.15. The zero-order chi connectivity index (χ0) is 20.1. The third-order valence-electron chi connectivity index (χ3n) is 4.45. The molecule has 148 valence electrons. The SMILES string of the molecule is O=C(Cn1c(CCNC(=O)c2ccco2)nc2ccccc21)NCc1ccco1. The van der Waals surface area contributed by atoms with Crippen molar-refractivity contribution in [2.24, 2.45) is 0 Å². The van der Waals surface area contributed by atoms with E-state index in [1.54, 1.807) is 30.5 Å². The number of fused-ring (bicyclic) bond motifs is 1. The van der Waals surface area contributed by atoms with Crippen LogP contribution < -0.4 is 10.6 Å². The molecule has 0 bridgehead atoms. The lowest BCUT2D eigenvalue weighted by Gasteiger charge is -2.10. The standard InChI is InChI=1S/C21H20N4O4/c26-20(23-13-15-5-3-11-28-15)14-25-17-7-2-1-6-16(17)24-19(25)9-10-22-21(27)18-8-4-12-29-18/h1-8,11-12H,9-10,13-14H2,(H,22,27)(H,23,26). The van der Waals surface area contributed by atoms with Gasteiger partial charge >= 0.3 is 0 Å². The zero-order valence-corrected chi connectivity index (χ0v) is 15.6. The molecule has 4 aromatic rings. The maximum Gasteiger partial charge on any atom is 0.286 e. The van der Waals surface area contributed by atoms with Crippen LogP contribution in [0.5, 0.6) is 0 Å². The van der Waals surface area contributed by atoms with E-state index in [1.165, 1.54) is 6.26 Å². The lowest BCUT2D eigenvalue weighted by atomic mass is 10.3. The number of carbonyl (C=O) groups is 2. The zero-order valence-electron chi connectivity index (χ0n) is 15.6. The molecule has 0 unspecified atom stereocenters. The van der Waals surface area contributed by atoms with Gasteiger partial charge in [-0.1, -0.05) is 12.1 Å². The molecular formula is C21H20N4O4. The van der Waals surface area contributed by atoms with Crippen molar-refractivity contribution in [1.82, 2.24) is 20.2 Å². The summed E-state index contributed by atoms with van der Waals surface area (Å²) in [6.07, 6.45) is 3.50. The van der Waals surface area contributed by atoms with Gasteiger partial charge in [-0.25, -0.2) is 4.98 Å². The molecule has 29 heavy (non-hydrogen) atoms. The Hall–Kier alpha value is -3.81. The van der Waals surface area contributed by atoms with E-state index in [1.807, 2.05) is 28.8 Å². The van der Waals surface area contributed by atoms with Gasteiger partial charge in [0.05, 0.1) is 30.1 Å². The van der Waals surface area contributed by atoms with Gasteiger partial charge in [0.2, 0.25) is 5.91 Å². The molecule has 0 saturated heterocycles. The minimum atomic E-state index is -0.283. The largest absolute Gasteiger partial charge is 0.467 e. The number of hydrogen-bond acceptors (Lipinski definition) is 5. The second-order valence-electron chi connectivity index (χ2n) is 6.44. The van der Waals surface area contributed by atoms with Crippen LogP contribution in [-0.2, 0) is 24.3 Å². The van der Waals surface area contributed by atoms with Gasteiger partial charge in [-0.3, -0.25) is 9.59 Å². The predicted octanol–water partition coefficient (Wildman–Crippen LogP) is 2.51. The highest BCUT2D eigenvalue weighted by Crippen LogP contribution is 2.16. The number of carbonyl (C=O) groups excluding carboxylic acids is 2. The summed E-state index contributed by atoms with van der Waals surface area (Å²) < 4.78 is 12.2. The molecule has 0 aliphatic carbocycles. The van der Waals surface area contributed by atoms with Crippen molar-refractivity contribution in [2.45, 2.75) is 19.5 Å². The average Bonchev–Trinajstić information content (AvgIpc) is 3.48. The monoisotopic (exact) mass is 392 g/mol. The molecular weight excluding hydrogens is 372 g/mol. The molecule has 8 heteroatoms. The van der Waals surface area contributed by atoms with Crippen molar-refractivity contribution in [3.8, 4) is 0 Å². The molecule has 0 spiro atoms.